The minimum Gasteiger partial charge on any atom is -0.444 e. The van der Waals surface area contributed by atoms with Crippen molar-refractivity contribution in [1.82, 2.24) is 0 Å². The smallest absolute Gasteiger partial charge is 0.232 e. The number of rotatable bonds is 2. The Hall–Kier alpha value is -0.0800. The largest absolute Gasteiger partial charge is 0.444 e. The molecule has 0 saturated heterocycles. The molecule has 0 aliphatic heterocycles. The maximum absolute atomic E-state index is 9.22. The summed E-state index contributed by atoms with van der Waals surface area (Å²) in [5, 5.41) is 0.566. The summed E-state index contributed by atoms with van der Waals surface area (Å²) in [5.74, 6) is 0.510. The number of benzene rings is 1. The summed E-state index contributed by atoms with van der Waals surface area (Å²) < 4.78 is 5.08. The van der Waals surface area contributed by atoms with Crippen LogP contribution in [0.3, 0.4) is 0 Å². The monoisotopic (exact) mass is 222 g/mol. The predicted molar refractivity (Wildman–Crippen MR) is 54.5 cm³/mol. The molecule has 66 valence electrons. The quantitative estimate of drug-likeness (QED) is 0.781. The van der Waals surface area contributed by atoms with Crippen LogP contribution in [0.25, 0.3) is 0 Å². The zero-order valence-electron chi connectivity index (χ0n) is 6.40. The Morgan fingerprint density at radius 1 is 1.58 bits per heavy atom. The Balaban J connectivity index is 2.84. The van der Waals surface area contributed by atoms with Crippen LogP contribution in [-0.2, 0) is 11.8 Å². The number of hydrogen-bond donors (Lipinski definition) is 1. The molecular formula is C7H8ClO2PS. The Labute approximate surface area is 81.3 Å². The van der Waals surface area contributed by atoms with E-state index in [1.807, 2.05) is 0 Å². The predicted octanol–water partition coefficient (Wildman–Crippen LogP) is 2.65. The highest BCUT2D eigenvalue weighted by Crippen LogP contribution is 2.38. The van der Waals surface area contributed by atoms with E-state index in [2.05, 4.69) is 0 Å². The first-order valence-corrected chi connectivity index (χ1v) is 6.72. The van der Waals surface area contributed by atoms with E-state index in [-0.39, 0.29) is 0 Å². The third-order valence-electron chi connectivity index (χ3n) is 1.07. The molecule has 0 spiro atoms. The first kappa shape index (κ1) is 10.0. The van der Waals surface area contributed by atoms with Gasteiger partial charge in [-0.15, -0.1) is 0 Å². The minimum atomic E-state index is -2.63. The van der Waals surface area contributed by atoms with E-state index < -0.39 is 6.49 Å². The molecule has 1 rings (SSSR count). The number of hydrogen-bond acceptors (Lipinski definition) is 2. The summed E-state index contributed by atoms with van der Waals surface area (Å²) in [6, 6.07) is 6.78. The van der Waals surface area contributed by atoms with Gasteiger partial charge in [-0.3, -0.25) is 0 Å². The lowest BCUT2D eigenvalue weighted by atomic mass is 10.3. The molecular weight excluding hydrogens is 215 g/mol. The van der Waals surface area contributed by atoms with E-state index in [9.17, 15) is 4.89 Å². The van der Waals surface area contributed by atoms with Crippen molar-refractivity contribution in [3.8, 4) is 5.75 Å². The van der Waals surface area contributed by atoms with Gasteiger partial charge in [0, 0.05) is 11.7 Å². The zero-order valence-corrected chi connectivity index (χ0v) is 8.87. The van der Waals surface area contributed by atoms with Gasteiger partial charge in [0.15, 0.2) is 0 Å². The number of halogens is 1. The molecule has 0 radical (unpaired) electrons. The maximum atomic E-state index is 9.22. The molecule has 5 heteroatoms. The molecule has 12 heavy (non-hydrogen) atoms. The van der Waals surface area contributed by atoms with E-state index in [0.717, 1.165) is 0 Å². The van der Waals surface area contributed by atoms with Crippen LogP contribution >= 0.6 is 18.1 Å². The van der Waals surface area contributed by atoms with Crippen LogP contribution in [0, 0.1) is 0 Å². The SMILES string of the molecule is CP(O)(=S)Oc1cccc(Cl)c1. The molecule has 2 nitrogen and oxygen atoms in total. The second-order valence-electron chi connectivity index (χ2n) is 2.35. The molecule has 0 fully saturated rings. The van der Waals surface area contributed by atoms with Crippen LogP contribution in [0.4, 0.5) is 0 Å². The zero-order chi connectivity index (χ0) is 9.19. The van der Waals surface area contributed by atoms with E-state index in [1.165, 1.54) is 6.66 Å². The van der Waals surface area contributed by atoms with Crippen molar-refractivity contribution in [3.05, 3.63) is 29.3 Å². The van der Waals surface area contributed by atoms with Gasteiger partial charge < -0.3 is 9.42 Å². The van der Waals surface area contributed by atoms with E-state index in [0.29, 0.717) is 10.8 Å². The van der Waals surface area contributed by atoms with Gasteiger partial charge in [-0.2, -0.15) is 0 Å². The van der Waals surface area contributed by atoms with Gasteiger partial charge in [0.25, 0.3) is 0 Å². The maximum Gasteiger partial charge on any atom is 0.232 e. The first-order valence-electron chi connectivity index (χ1n) is 3.23. The summed E-state index contributed by atoms with van der Waals surface area (Å²) in [7, 11) is 0. The summed E-state index contributed by atoms with van der Waals surface area (Å²) in [4.78, 5) is 9.22. The molecule has 0 amide bonds. The topological polar surface area (TPSA) is 29.5 Å². The summed E-state index contributed by atoms with van der Waals surface area (Å²) >= 11 is 10.4. The van der Waals surface area contributed by atoms with Gasteiger partial charge in [-0.05, 0) is 30.0 Å². The van der Waals surface area contributed by atoms with Gasteiger partial charge >= 0.3 is 0 Å². The molecule has 1 aromatic carbocycles. The van der Waals surface area contributed by atoms with Gasteiger partial charge in [0.2, 0.25) is 6.49 Å². The van der Waals surface area contributed by atoms with Crippen LogP contribution in [0.1, 0.15) is 0 Å². The van der Waals surface area contributed by atoms with Crippen molar-refractivity contribution >= 4 is 29.9 Å². The lowest BCUT2D eigenvalue weighted by molar-refractivity contribution is 0.490. The second kappa shape index (κ2) is 3.75. The standard InChI is InChI=1S/C7H8ClO2PS/c1-11(9,12)10-7-4-2-3-6(8)5-7/h2-5H,1H3,(H,9,12). The highest BCUT2D eigenvalue weighted by molar-refractivity contribution is 8.09. The molecule has 1 N–H and O–H groups in total. The molecule has 0 heterocycles. The van der Waals surface area contributed by atoms with E-state index in [1.54, 1.807) is 24.3 Å². The lowest BCUT2D eigenvalue weighted by Gasteiger charge is -2.11. The molecule has 0 aromatic heterocycles. The van der Waals surface area contributed by atoms with E-state index in [4.69, 9.17) is 27.9 Å². The minimum absolute atomic E-state index is 0.510. The van der Waals surface area contributed by atoms with Crippen molar-refractivity contribution in [2.24, 2.45) is 0 Å². The van der Waals surface area contributed by atoms with Crippen molar-refractivity contribution in [2.45, 2.75) is 0 Å². The van der Waals surface area contributed by atoms with Crippen LogP contribution < -0.4 is 4.52 Å². The third kappa shape index (κ3) is 3.55. The van der Waals surface area contributed by atoms with Crippen molar-refractivity contribution in [2.75, 3.05) is 6.66 Å². The van der Waals surface area contributed by atoms with Crippen molar-refractivity contribution in [1.29, 1.82) is 0 Å². The fraction of sp³-hybridized carbons (Fsp3) is 0.143. The highest BCUT2D eigenvalue weighted by Gasteiger charge is 2.06. The second-order valence-corrected chi connectivity index (χ2v) is 6.61. The molecule has 0 aliphatic rings. The van der Waals surface area contributed by atoms with Crippen LogP contribution in [0.15, 0.2) is 24.3 Å². The van der Waals surface area contributed by atoms with Gasteiger partial charge in [0.1, 0.15) is 5.75 Å². The van der Waals surface area contributed by atoms with E-state index >= 15 is 0 Å². The Bertz CT molecular complexity index is 323. The third-order valence-corrected chi connectivity index (χ3v) is 2.08. The van der Waals surface area contributed by atoms with Crippen molar-refractivity contribution < 1.29 is 9.42 Å². The fourth-order valence-corrected chi connectivity index (χ4v) is 1.66. The highest BCUT2D eigenvalue weighted by atomic mass is 35.5. The van der Waals surface area contributed by atoms with Gasteiger partial charge in [0.05, 0.1) is 0 Å². The first-order chi connectivity index (χ1) is 5.47. The average Bonchev–Trinajstić information content (AvgIpc) is 1.82. The Morgan fingerprint density at radius 3 is 2.75 bits per heavy atom. The summed E-state index contributed by atoms with van der Waals surface area (Å²) in [6.07, 6.45) is 0. The molecule has 0 aliphatic carbocycles. The summed E-state index contributed by atoms with van der Waals surface area (Å²) in [5.41, 5.74) is 0. The van der Waals surface area contributed by atoms with Crippen molar-refractivity contribution in [3.63, 3.8) is 0 Å². The molecule has 1 atom stereocenters. The van der Waals surface area contributed by atoms with Gasteiger partial charge in [-0.1, -0.05) is 17.7 Å². The fourth-order valence-electron chi connectivity index (χ4n) is 0.719. The summed E-state index contributed by atoms with van der Waals surface area (Å²) in [6.45, 7) is -1.14. The molecule has 1 aromatic rings. The molecule has 0 saturated carbocycles. The Morgan fingerprint density at radius 2 is 2.25 bits per heavy atom. The lowest BCUT2D eigenvalue weighted by Crippen LogP contribution is -1.88. The Kier molecular flexibility index (Phi) is 3.13. The normalized spacial score (nSPS) is 15.2. The van der Waals surface area contributed by atoms with Crippen LogP contribution in [0.2, 0.25) is 5.02 Å². The average molecular weight is 223 g/mol. The van der Waals surface area contributed by atoms with Crippen LogP contribution in [0.5, 0.6) is 5.75 Å². The van der Waals surface area contributed by atoms with Gasteiger partial charge in [-0.25, -0.2) is 0 Å². The molecule has 0 bridgehead atoms. The van der Waals surface area contributed by atoms with Crippen LogP contribution in [-0.4, -0.2) is 11.6 Å². The molecule has 1 unspecified atom stereocenters.